The van der Waals surface area contributed by atoms with E-state index in [0.29, 0.717) is 16.5 Å². The third-order valence-corrected chi connectivity index (χ3v) is 4.63. The number of hydrogen-bond donors (Lipinski definition) is 0. The minimum absolute atomic E-state index is 0.0340. The maximum absolute atomic E-state index is 12.8. The second-order valence-electron chi connectivity index (χ2n) is 6.14. The molecular formula is C19H18ClN3O2. The maximum atomic E-state index is 12.8. The molecule has 128 valence electrons. The van der Waals surface area contributed by atoms with Gasteiger partial charge in [-0.2, -0.15) is 5.10 Å². The molecule has 1 aliphatic heterocycles. The summed E-state index contributed by atoms with van der Waals surface area (Å²) in [7, 11) is 0. The van der Waals surface area contributed by atoms with Gasteiger partial charge in [-0.15, -0.1) is 0 Å². The van der Waals surface area contributed by atoms with Gasteiger partial charge in [-0.1, -0.05) is 17.7 Å². The molecule has 3 heterocycles. The SMILES string of the molecule is O=C(c1cc(-c2ccco2)n(-c2cccc(Cl)c2)n1)N1CCCCC1. The van der Waals surface area contributed by atoms with Crippen molar-refractivity contribution in [2.75, 3.05) is 13.1 Å². The summed E-state index contributed by atoms with van der Waals surface area (Å²) < 4.78 is 7.24. The highest BCUT2D eigenvalue weighted by Gasteiger charge is 2.23. The Labute approximate surface area is 150 Å². The topological polar surface area (TPSA) is 51.3 Å². The predicted molar refractivity (Wildman–Crippen MR) is 96.0 cm³/mol. The van der Waals surface area contributed by atoms with Crippen molar-refractivity contribution in [3.05, 3.63) is 59.4 Å². The van der Waals surface area contributed by atoms with Crippen LogP contribution in [0.3, 0.4) is 0 Å². The number of aromatic nitrogens is 2. The number of likely N-dealkylation sites (tertiary alicyclic amines) is 1. The molecule has 0 radical (unpaired) electrons. The van der Waals surface area contributed by atoms with Crippen molar-refractivity contribution in [3.8, 4) is 17.1 Å². The Kier molecular flexibility index (Phi) is 4.32. The van der Waals surface area contributed by atoms with Crippen LogP contribution in [0.4, 0.5) is 0 Å². The van der Waals surface area contributed by atoms with Gasteiger partial charge in [0.15, 0.2) is 11.5 Å². The molecule has 5 nitrogen and oxygen atoms in total. The lowest BCUT2D eigenvalue weighted by Gasteiger charge is -2.25. The lowest BCUT2D eigenvalue weighted by atomic mass is 10.1. The standard InChI is InChI=1S/C19H18ClN3O2/c20-14-6-4-7-15(12-14)23-17(18-8-5-11-25-18)13-16(21-23)19(24)22-9-2-1-3-10-22/h4-8,11-13H,1-3,9-10H2. The predicted octanol–water partition coefficient (Wildman–Crippen LogP) is 4.41. The fourth-order valence-corrected chi connectivity index (χ4v) is 3.33. The van der Waals surface area contributed by atoms with Gasteiger partial charge in [0.1, 0.15) is 5.69 Å². The summed E-state index contributed by atoms with van der Waals surface area (Å²) in [6, 6.07) is 12.8. The number of furan rings is 1. The number of carbonyl (C=O) groups excluding carboxylic acids is 1. The van der Waals surface area contributed by atoms with Crippen molar-refractivity contribution in [1.29, 1.82) is 0 Å². The summed E-state index contributed by atoms with van der Waals surface area (Å²) in [5.41, 5.74) is 1.94. The summed E-state index contributed by atoms with van der Waals surface area (Å²) in [5, 5.41) is 5.17. The van der Waals surface area contributed by atoms with Gasteiger partial charge in [0, 0.05) is 24.2 Å². The van der Waals surface area contributed by atoms with Crippen molar-refractivity contribution < 1.29 is 9.21 Å². The third-order valence-electron chi connectivity index (χ3n) is 4.40. The molecule has 1 aliphatic rings. The molecular weight excluding hydrogens is 338 g/mol. The largest absolute Gasteiger partial charge is 0.463 e. The molecule has 4 rings (SSSR count). The fourth-order valence-electron chi connectivity index (χ4n) is 3.15. The minimum Gasteiger partial charge on any atom is -0.463 e. The second kappa shape index (κ2) is 6.76. The van der Waals surface area contributed by atoms with Gasteiger partial charge in [-0.25, -0.2) is 4.68 Å². The number of rotatable bonds is 3. The van der Waals surface area contributed by atoms with Crippen LogP contribution in [0.1, 0.15) is 29.8 Å². The minimum atomic E-state index is -0.0340. The molecule has 6 heteroatoms. The number of piperidine rings is 1. The summed E-state index contributed by atoms with van der Waals surface area (Å²) in [4.78, 5) is 14.7. The van der Waals surface area contributed by atoms with E-state index in [1.54, 1.807) is 23.1 Å². The van der Waals surface area contributed by atoms with E-state index >= 15 is 0 Å². The highest BCUT2D eigenvalue weighted by atomic mass is 35.5. The molecule has 1 aromatic carbocycles. The Morgan fingerprint density at radius 2 is 1.92 bits per heavy atom. The summed E-state index contributed by atoms with van der Waals surface area (Å²) in [6.07, 6.45) is 4.88. The smallest absolute Gasteiger partial charge is 0.274 e. The van der Waals surface area contributed by atoms with Gasteiger partial charge in [0.05, 0.1) is 12.0 Å². The molecule has 3 aromatic rings. The number of halogens is 1. The lowest BCUT2D eigenvalue weighted by Crippen LogP contribution is -2.35. The summed E-state index contributed by atoms with van der Waals surface area (Å²) >= 11 is 6.12. The quantitative estimate of drug-likeness (QED) is 0.699. The third kappa shape index (κ3) is 3.20. The van der Waals surface area contributed by atoms with Crippen LogP contribution in [0, 0.1) is 0 Å². The zero-order valence-corrected chi connectivity index (χ0v) is 14.4. The monoisotopic (exact) mass is 355 g/mol. The number of nitrogens with zero attached hydrogens (tertiary/aromatic N) is 3. The highest BCUT2D eigenvalue weighted by molar-refractivity contribution is 6.30. The molecule has 0 bridgehead atoms. The van der Waals surface area contributed by atoms with Crippen molar-refractivity contribution >= 4 is 17.5 Å². The molecule has 0 unspecified atom stereocenters. The summed E-state index contributed by atoms with van der Waals surface area (Å²) in [6.45, 7) is 1.58. The van der Waals surface area contributed by atoms with E-state index in [1.165, 1.54) is 6.42 Å². The Morgan fingerprint density at radius 1 is 1.08 bits per heavy atom. The van der Waals surface area contributed by atoms with Gasteiger partial charge < -0.3 is 9.32 Å². The first-order valence-corrected chi connectivity index (χ1v) is 8.79. The van der Waals surface area contributed by atoms with E-state index in [4.69, 9.17) is 16.0 Å². The molecule has 1 saturated heterocycles. The number of benzene rings is 1. The van der Waals surface area contributed by atoms with Crippen LogP contribution < -0.4 is 0 Å². The molecule has 1 amide bonds. The highest BCUT2D eigenvalue weighted by Crippen LogP contribution is 2.26. The molecule has 0 spiro atoms. The van der Waals surface area contributed by atoms with Crippen LogP contribution in [-0.2, 0) is 0 Å². The number of carbonyl (C=O) groups is 1. The van der Waals surface area contributed by atoms with Crippen LogP contribution in [-0.4, -0.2) is 33.7 Å². The van der Waals surface area contributed by atoms with Gasteiger partial charge in [0.2, 0.25) is 0 Å². The van der Waals surface area contributed by atoms with Crippen LogP contribution >= 0.6 is 11.6 Å². The first kappa shape index (κ1) is 16.0. The molecule has 1 fully saturated rings. The number of hydrogen-bond acceptors (Lipinski definition) is 3. The van der Waals surface area contributed by atoms with Crippen LogP contribution in [0.2, 0.25) is 5.02 Å². The van der Waals surface area contributed by atoms with E-state index in [9.17, 15) is 4.79 Å². The van der Waals surface area contributed by atoms with E-state index < -0.39 is 0 Å². The van der Waals surface area contributed by atoms with Crippen molar-refractivity contribution in [2.24, 2.45) is 0 Å². The molecule has 25 heavy (non-hydrogen) atoms. The van der Waals surface area contributed by atoms with Crippen molar-refractivity contribution in [1.82, 2.24) is 14.7 Å². The van der Waals surface area contributed by atoms with Crippen molar-refractivity contribution in [2.45, 2.75) is 19.3 Å². The first-order chi connectivity index (χ1) is 12.2. The average molecular weight is 356 g/mol. The molecule has 0 atom stereocenters. The van der Waals surface area contributed by atoms with Crippen LogP contribution in [0.25, 0.3) is 17.1 Å². The molecule has 0 aliphatic carbocycles. The van der Waals surface area contributed by atoms with E-state index in [2.05, 4.69) is 5.10 Å². The van der Waals surface area contributed by atoms with Gasteiger partial charge in [-0.05, 0) is 49.6 Å². The Balaban J connectivity index is 1.77. The van der Waals surface area contributed by atoms with Crippen molar-refractivity contribution in [3.63, 3.8) is 0 Å². The van der Waals surface area contributed by atoms with Crippen LogP contribution in [0.15, 0.2) is 53.1 Å². The van der Waals surface area contributed by atoms with Gasteiger partial charge in [0.25, 0.3) is 5.91 Å². The second-order valence-corrected chi connectivity index (χ2v) is 6.57. The van der Waals surface area contributed by atoms with Crippen LogP contribution in [0.5, 0.6) is 0 Å². The van der Waals surface area contributed by atoms with Gasteiger partial charge >= 0.3 is 0 Å². The van der Waals surface area contributed by atoms with E-state index in [-0.39, 0.29) is 5.91 Å². The van der Waals surface area contributed by atoms with E-state index in [1.807, 2.05) is 35.2 Å². The molecule has 0 N–H and O–H groups in total. The fraction of sp³-hybridized carbons (Fsp3) is 0.263. The zero-order valence-electron chi connectivity index (χ0n) is 13.7. The number of amides is 1. The molecule has 2 aromatic heterocycles. The Hall–Kier alpha value is -2.53. The average Bonchev–Trinajstić information content (AvgIpc) is 3.31. The zero-order chi connectivity index (χ0) is 17.2. The molecule has 0 saturated carbocycles. The van der Waals surface area contributed by atoms with Gasteiger partial charge in [-0.3, -0.25) is 4.79 Å². The lowest BCUT2D eigenvalue weighted by molar-refractivity contribution is 0.0718. The Morgan fingerprint density at radius 3 is 2.64 bits per heavy atom. The normalized spacial score (nSPS) is 14.7. The first-order valence-electron chi connectivity index (χ1n) is 8.41. The maximum Gasteiger partial charge on any atom is 0.274 e. The Bertz CT molecular complexity index is 880. The summed E-state index contributed by atoms with van der Waals surface area (Å²) in [5.74, 6) is 0.624. The van der Waals surface area contributed by atoms with E-state index in [0.717, 1.165) is 37.3 Å².